The molecule has 0 aromatic heterocycles. The number of allylic oxidation sites excluding steroid dienone is 1. The zero-order chi connectivity index (χ0) is 18.4. The predicted molar refractivity (Wildman–Crippen MR) is 104 cm³/mol. The van der Waals surface area contributed by atoms with Crippen molar-refractivity contribution in [1.29, 1.82) is 0 Å². The summed E-state index contributed by atoms with van der Waals surface area (Å²) in [7, 11) is 0. The number of benzene rings is 3. The fraction of sp³-hybridized carbons (Fsp3) is 0.0870. The van der Waals surface area contributed by atoms with E-state index in [2.05, 4.69) is 0 Å². The van der Waals surface area contributed by atoms with E-state index in [1.165, 1.54) is 0 Å². The van der Waals surface area contributed by atoms with Gasteiger partial charge in [-0.1, -0.05) is 84.9 Å². The summed E-state index contributed by atoms with van der Waals surface area (Å²) in [5, 5.41) is 19.5. The Kier molecular flexibility index (Phi) is 5.62. The van der Waals surface area contributed by atoms with Gasteiger partial charge in [0, 0.05) is 0 Å². The molecule has 0 spiro atoms. The van der Waals surface area contributed by atoms with E-state index >= 15 is 0 Å². The van der Waals surface area contributed by atoms with E-state index in [1.807, 2.05) is 84.9 Å². The summed E-state index contributed by atoms with van der Waals surface area (Å²) in [6, 6.07) is 24.7. The molecule has 0 radical (unpaired) electrons. The van der Waals surface area contributed by atoms with Gasteiger partial charge in [0.2, 0.25) is 0 Å². The highest BCUT2D eigenvalue weighted by atomic mass is 16.4. The smallest absolute Gasteiger partial charge is 0.336 e. The first-order valence-corrected chi connectivity index (χ1v) is 8.46. The number of carboxylic acids is 1. The van der Waals surface area contributed by atoms with Gasteiger partial charge in [-0.15, -0.1) is 0 Å². The molecule has 26 heavy (non-hydrogen) atoms. The molecule has 0 unspecified atom stereocenters. The number of carbonyl (C=O) groups is 1. The maximum atomic E-state index is 11.9. The van der Waals surface area contributed by atoms with Gasteiger partial charge in [0.1, 0.15) is 0 Å². The third-order valence-electron chi connectivity index (χ3n) is 4.33. The van der Waals surface area contributed by atoms with Gasteiger partial charge in [-0.25, -0.2) is 4.79 Å². The average Bonchev–Trinajstić information content (AvgIpc) is 2.69. The van der Waals surface area contributed by atoms with E-state index in [0.29, 0.717) is 17.5 Å². The van der Waals surface area contributed by atoms with Crippen molar-refractivity contribution in [2.75, 3.05) is 6.61 Å². The van der Waals surface area contributed by atoms with Crippen molar-refractivity contribution in [2.24, 2.45) is 0 Å². The maximum absolute atomic E-state index is 11.9. The Hall–Kier alpha value is -3.17. The lowest BCUT2D eigenvalue weighted by atomic mass is 9.93. The molecule has 0 atom stereocenters. The Bertz CT molecular complexity index is 913. The molecule has 3 heteroatoms. The molecular formula is C23H20O3. The lowest BCUT2D eigenvalue weighted by Gasteiger charge is -2.12. The Morgan fingerprint density at radius 3 is 2.12 bits per heavy atom. The SMILES string of the molecule is O=C(O)c1c(C/C=C(\CO)c2ccccc2)cccc1-c1ccccc1. The van der Waals surface area contributed by atoms with Gasteiger partial charge in [-0.3, -0.25) is 0 Å². The minimum absolute atomic E-state index is 0.0925. The van der Waals surface area contributed by atoms with Crippen molar-refractivity contribution in [3.05, 3.63) is 102 Å². The molecule has 0 saturated carbocycles. The normalized spacial score (nSPS) is 11.3. The molecule has 0 fully saturated rings. The van der Waals surface area contributed by atoms with Gasteiger partial charge in [-0.2, -0.15) is 0 Å². The lowest BCUT2D eigenvalue weighted by Crippen LogP contribution is -2.05. The van der Waals surface area contributed by atoms with Crippen LogP contribution in [0.4, 0.5) is 0 Å². The highest BCUT2D eigenvalue weighted by Crippen LogP contribution is 2.27. The van der Waals surface area contributed by atoms with Crippen LogP contribution >= 0.6 is 0 Å². The lowest BCUT2D eigenvalue weighted by molar-refractivity contribution is 0.0696. The van der Waals surface area contributed by atoms with Gasteiger partial charge in [-0.05, 0) is 34.2 Å². The van der Waals surface area contributed by atoms with Crippen LogP contribution in [0, 0.1) is 0 Å². The summed E-state index contributed by atoms with van der Waals surface area (Å²) in [6.07, 6.45) is 2.33. The summed E-state index contributed by atoms with van der Waals surface area (Å²) in [4.78, 5) is 11.9. The highest BCUT2D eigenvalue weighted by molar-refractivity contribution is 5.97. The molecule has 3 aromatic rings. The Balaban J connectivity index is 2.00. The molecule has 3 rings (SSSR count). The van der Waals surface area contributed by atoms with Gasteiger partial charge >= 0.3 is 5.97 Å². The second kappa shape index (κ2) is 8.28. The first-order chi connectivity index (χ1) is 12.7. The van der Waals surface area contributed by atoms with Gasteiger partial charge in [0.15, 0.2) is 0 Å². The molecule has 2 N–H and O–H groups in total. The molecule has 0 amide bonds. The first-order valence-electron chi connectivity index (χ1n) is 8.46. The van der Waals surface area contributed by atoms with Crippen LogP contribution in [0.15, 0.2) is 84.9 Å². The fourth-order valence-electron chi connectivity index (χ4n) is 3.04. The number of hydrogen-bond donors (Lipinski definition) is 2. The molecule has 0 aliphatic rings. The van der Waals surface area contributed by atoms with Crippen LogP contribution in [-0.2, 0) is 6.42 Å². The van der Waals surface area contributed by atoms with Crippen molar-refractivity contribution < 1.29 is 15.0 Å². The van der Waals surface area contributed by atoms with Crippen LogP contribution in [0.5, 0.6) is 0 Å². The maximum Gasteiger partial charge on any atom is 0.336 e. The van der Waals surface area contributed by atoms with E-state index in [-0.39, 0.29) is 6.61 Å². The Morgan fingerprint density at radius 2 is 1.50 bits per heavy atom. The van der Waals surface area contributed by atoms with Crippen LogP contribution in [0.3, 0.4) is 0 Å². The molecule has 0 aliphatic heterocycles. The van der Waals surface area contributed by atoms with Crippen LogP contribution in [0.1, 0.15) is 21.5 Å². The van der Waals surface area contributed by atoms with Gasteiger partial charge < -0.3 is 10.2 Å². The molecule has 0 aliphatic carbocycles. The average molecular weight is 344 g/mol. The van der Waals surface area contributed by atoms with Crippen LogP contribution in [0.2, 0.25) is 0 Å². The predicted octanol–water partition coefficient (Wildman–Crippen LogP) is 4.67. The second-order valence-corrected chi connectivity index (χ2v) is 5.97. The molecule has 0 bridgehead atoms. The van der Waals surface area contributed by atoms with Crippen LogP contribution < -0.4 is 0 Å². The third kappa shape index (κ3) is 3.90. The summed E-state index contributed by atoms with van der Waals surface area (Å²) in [5.41, 5.74) is 4.33. The molecular weight excluding hydrogens is 324 g/mol. The largest absolute Gasteiger partial charge is 0.478 e. The van der Waals surface area contributed by atoms with Crippen LogP contribution in [-0.4, -0.2) is 22.8 Å². The van der Waals surface area contributed by atoms with Crippen molar-refractivity contribution in [3.8, 4) is 11.1 Å². The van der Waals surface area contributed by atoms with E-state index in [1.54, 1.807) is 0 Å². The van der Waals surface area contributed by atoms with Crippen molar-refractivity contribution in [3.63, 3.8) is 0 Å². The summed E-state index contributed by atoms with van der Waals surface area (Å²) < 4.78 is 0. The number of aliphatic hydroxyl groups is 1. The Labute approximate surface area is 152 Å². The summed E-state index contributed by atoms with van der Waals surface area (Å²) in [6.45, 7) is -0.0925. The van der Waals surface area contributed by atoms with E-state index in [0.717, 1.165) is 22.3 Å². The number of rotatable bonds is 6. The van der Waals surface area contributed by atoms with E-state index < -0.39 is 5.97 Å². The zero-order valence-electron chi connectivity index (χ0n) is 14.3. The molecule has 130 valence electrons. The molecule has 0 saturated heterocycles. The Morgan fingerprint density at radius 1 is 0.846 bits per heavy atom. The minimum atomic E-state index is -0.946. The standard InChI is InChI=1S/C23H20O3/c24-16-20(17-8-3-1-4-9-17)15-14-19-12-7-13-21(22(19)23(25)26)18-10-5-2-6-11-18/h1-13,15,24H,14,16H2,(H,25,26)/b20-15+. The van der Waals surface area contributed by atoms with Crippen molar-refractivity contribution in [1.82, 2.24) is 0 Å². The number of carboxylic acid groups (broad SMARTS) is 1. The monoisotopic (exact) mass is 344 g/mol. The topological polar surface area (TPSA) is 57.5 Å². The van der Waals surface area contributed by atoms with Crippen molar-refractivity contribution >= 4 is 11.5 Å². The van der Waals surface area contributed by atoms with Crippen molar-refractivity contribution in [2.45, 2.75) is 6.42 Å². The van der Waals surface area contributed by atoms with Crippen LogP contribution in [0.25, 0.3) is 16.7 Å². The quantitative estimate of drug-likeness (QED) is 0.683. The van der Waals surface area contributed by atoms with Gasteiger partial charge in [0.25, 0.3) is 0 Å². The number of hydrogen-bond acceptors (Lipinski definition) is 2. The van der Waals surface area contributed by atoms with Gasteiger partial charge in [0.05, 0.1) is 12.2 Å². The van der Waals surface area contributed by atoms with E-state index in [4.69, 9.17) is 0 Å². The zero-order valence-corrected chi connectivity index (χ0v) is 14.3. The molecule has 0 heterocycles. The number of aliphatic hydroxyl groups excluding tert-OH is 1. The number of aromatic carboxylic acids is 1. The second-order valence-electron chi connectivity index (χ2n) is 5.97. The molecule has 3 nitrogen and oxygen atoms in total. The fourth-order valence-corrected chi connectivity index (χ4v) is 3.04. The first kappa shape index (κ1) is 17.6. The minimum Gasteiger partial charge on any atom is -0.478 e. The molecule has 3 aromatic carbocycles. The summed E-state index contributed by atoms with van der Waals surface area (Å²) >= 11 is 0. The summed E-state index contributed by atoms with van der Waals surface area (Å²) in [5.74, 6) is -0.946. The highest BCUT2D eigenvalue weighted by Gasteiger charge is 2.16. The third-order valence-corrected chi connectivity index (χ3v) is 4.33. The van der Waals surface area contributed by atoms with E-state index in [9.17, 15) is 15.0 Å².